The highest BCUT2D eigenvalue weighted by atomic mass is 16.7. The summed E-state index contributed by atoms with van der Waals surface area (Å²) in [6, 6.07) is -0.822. The summed E-state index contributed by atoms with van der Waals surface area (Å²) in [5, 5.41) is 87.2. The fourth-order valence-electron chi connectivity index (χ4n) is 12.5. The van der Waals surface area contributed by atoms with Gasteiger partial charge in [0.2, 0.25) is 5.91 Å². The zero-order valence-electron chi connectivity index (χ0n) is 54.4. The normalized spacial score (nSPS) is 23.5. The van der Waals surface area contributed by atoms with Gasteiger partial charge in [-0.15, -0.1) is 0 Å². The average Bonchev–Trinajstić information content (AvgIpc) is 2.99. The molecule has 2 aliphatic rings. The molecule has 0 radical (unpaired) electrons. The Morgan fingerprint density at radius 1 is 0.381 bits per heavy atom. The Hall–Kier alpha value is -1.01. The average molecular weight is 1200 g/mol. The summed E-state index contributed by atoms with van der Waals surface area (Å²) >= 11 is 0. The minimum atomic E-state index is -1.78. The largest absolute Gasteiger partial charge is 0.394 e. The van der Waals surface area contributed by atoms with Crippen LogP contribution in [0.3, 0.4) is 0 Å². The molecule has 0 spiro atoms. The third-order valence-corrected chi connectivity index (χ3v) is 18.3. The number of hydrogen-bond acceptors (Lipinski definition) is 13. The molecule has 1 amide bonds. The molecule has 0 bridgehead atoms. The lowest BCUT2D eigenvalue weighted by Gasteiger charge is -2.46. The Bertz CT molecular complexity index is 1410. The van der Waals surface area contributed by atoms with Gasteiger partial charge in [0.15, 0.2) is 12.6 Å². The van der Waals surface area contributed by atoms with E-state index >= 15 is 0 Å². The molecule has 12 unspecified atom stereocenters. The lowest BCUT2D eigenvalue weighted by molar-refractivity contribution is -0.359. The summed E-state index contributed by atoms with van der Waals surface area (Å²) < 4.78 is 22.8. The van der Waals surface area contributed by atoms with Crippen LogP contribution in [0.5, 0.6) is 0 Å². The molecule has 500 valence electrons. The Morgan fingerprint density at radius 3 is 1.01 bits per heavy atom. The lowest BCUT2D eigenvalue weighted by atomic mass is 9.97. The molecule has 12 atom stereocenters. The minimum Gasteiger partial charge on any atom is -0.394 e. The first-order chi connectivity index (χ1) is 41.1. The smallest absolute Gasteiger partial charge is 0.220 e. The monoisotopic (exact) mass is 1200 g/mol. The van der Waals surface area contributed by atoms with Gasteiger partial charge in [-0.05, 0) is 12.8 Å². The molecule has 0 aromatic heterocycles. The van der Waals surface area contributed by atoms with Crippen molar-refractivity contribution in [2.75, 3.05) is 19.8 Å². The van der Waals surface area contributed by atoms with Gasteiger partial charge in [0.25, 0.3) is 0 Å². The SMILES string of the molecule is CCCCCCCCCCCCCCCCCCCCCCCCCCCCCCCCCCCCCCCCCCC(=O)NC(COC1OC(CO)C(OC2OC(CO)C(O)C(O)C2O)C(O)C1O)C(O)CCCCCCCCCCCC. The van der Waals surface area contributed by atoms with E-state index in [-0.39, 0.29) is 12.5 Å². The van der Waals surface area contributed by atoms with Crippen LogP contribution in [-0.4, -0.2) is 140 Å². The van der Waals surface area contributed by atoms with Gasteiger partial charge in [-0.2, -0.15) is 0 Å². The van der Waals surface area contributed by atoms with Gasteiger partial charge in [0.1, 0.15) is 48.8 Å². The molecular weight excluding hydrogens is 1060 g/mol. The standard InChI is InChI=1S/C70H137NO13/c1-3-5-7-9-11-13-15-16-17-18-19-20-21-22-23-24-25-26-27-28-29-30-31-32-33-34-35-36-37-38-39-40-41-42-43-44-46-48-50-52-54-62(75)71-58(59(74)53-51-49-47-45-14-12-10-8-6-4-2)57-81-69-67(80)65(78)68(61(56-73)83-69)84-70-66(79)64(77)63(76)60(55-72)82-70/h58-61,63-70,72-74,76-80H,3-57H2,1-2H3,(H,71,75). The predicted octanol–water partition coefficient (Wildman–Crippen LogP) is 14.8. The molecule has 2 fully saturated rings. The number of ether oxygens (including phenoxy) is 4. The number of carbonyl (C=O) groups is 1. The highest BCUT2D eigenvalue weighted by molar-refractivity contribution is 5.76. The van der Waals surface area contributed by atoms with Gasteiger partial charge in [-0.25, -0.2) is 0 Å². The number of unbranched alkanes of at least 4 members (excludes halogenated alkanes) is 48. The maximum atomic E-state index is 13.3. The number of carbonyl (C=O) groups excluding carboxylic acids is 1. The first-order valence-electron chi connectivity index (χ1n) is 36.3. The van der Waals surface area contributed by atoms with Crippen LogP contribution in [0, 0.1) is 0 Å². The van der Waals surface area contributed by atoms with E-state index in [1.165, 1.54) is 270 Å². The van der Waals surface area contributed by atoms with E-state index in [0.717, 1.165) is 51.4 Å². The van der Waals surface area contributed by atoms with Gasteiger partial charge >= 0.3 is 0 Å². The number of aliphatic hydroxyl groups is 8. The number of aliphatic hydroxyl groups excluding tert-OH is 8. The molecule has 0 aromatic carbocycles. The zero-order chi connectivity index (χ0) is 60.9. The first-order valence-corrected chi connectivity index (χ1v) is 36.3. The van der Waals surface area contributed by atoms with Crippen LogP contribution in [0.2, 0.25) is 0 Å². The van der Waals surface area contributed by atoms with Crippen LogP contribution in [0.1, 0.15) is 348 Å². The van der Waals surface area contributed by atoms with Crippen LogP contribution in [0.25, 0.3) is 0 Å². The molecule has 0 aromatic rings. The molecule has 2 heterocycles. The summed E-state index contributed by atoms with van der Waals surface area (Å²) in [6.45, 7) is 2.88. The maximum absolute atomic E-state index is 13.3. The van der Waals surface area contributed by atoms with Crippen molar-refractivity contribution in [3.05, 3.63) is 0 Å². The Labute approximate surface area is 514 Å². The Kier molecular flexibility index (Phi) is 52.7. The van der Waals surface area contributed by atoms with Gasteiger partial charge in [0, 0.05) is 6.42 Å². The summed E-state index contributed by atoms with van der Waals surface area (Å²) in [7, 11) is 0. The quantitative estimate of drug-likeness (QED) is 0.0259. The zero-order valence-corrected chi connectivity index (χ0v) is 54.4. The molecule has 14 heteroatoms. The molecular formula is C70H137NO13. The van der Waals surface area contributed by atoms with E-state index < -0.39 is 86.8 Å². The maximum Gasteiger partial charge on any atom is 0.220 e. The Morgan fingerprint density at radius 2 is 0.679 bits per heavy atom. The van der Waals surface area contributed by atoms with E-state index in [1.54, 1.807) is 0 Å². The van der Waals surface area contributed by atoms with E-state index in [9.17, 15) is 45.6 Å². The Balaban J connectivity index is 1.48. The number of rotatable bonds is 61. The molecule has 14 nitrogen and oxygen atoms in total. The van der Waals surface area contributed by atoms with Gasteiger partial charge in [-0.1, -0.05) is 328 Å². The van der Waals surface area contributed by atoms with Crippen LogP contribution in [-0.2, 0) is 23.7 Å². The third-order valence-electron chi connectivity index (χ3n) is 18.3. The number of hydrogen-bond donors (Lipinski definition) is 9. The summed E-state index contributed by atoms with van der Waals surface area (Å²) in [6.07, 6.45) is 50.5. The van der Waals surface area contributed by atoms with Gasteiger partial charge in [-0.3, -0.25) is 4.79 Å². The van der Waals surface area contributed by atoms with Crippen molar-refractivity contribution in [3.8, 4) is 0 Å². The van der Waals surface area contributed by atoms with Crippen LogP contribution >= 0.6 is 0 Å². The van der Waals surface area contributed by atoms with Crippen molar-refractivity contribution in [3.63, 3.8) is 0 Å². The van der Waals surface area contributed by atoms with Crippen LogP contribution in [0.4, 0.5) is 0 Å². The molecule has 2 rings (SSSR count). The van der Waals surface area contributed by atoms with Crippen molar-refractivity contribution in [1.29, 1.82) is 0 Å². The van der Waals surface area contributed by atoms with Gasteiger partial charge in [0.05, 0.1) is 32.0 Å². The second kappa shape index (κ2) is 56.0. The lowest BCUT2D eigenvalue weighted by Crippen LogP contribution is -2.65. The summed E-state index contributed by atoms with van der Waals surface area (Å²) in [4.78, 5) is 13.3. The van der Waals surface area contributed by atoms with E-state index in [1.807, 2.05) is 0 Å². The van der Waals surface area contributed by atoms with Crippen LogP contribution in [0.15, 0.2) is 0 Å². The van der Waals surface area contributed by atoms with Crippen LogP contribution < -0.4 is 5.32 Å². The molecule has 0 aliphatic carbocycles. The number of nitrogens with one attached hydrogen (secondary N) is 1. The summed E-state index contributed by atoms with van der Waals surface area (Å²) in [5.74, 6) is -0.200. The van der Waals surface area contributed by atoms with Crippen molar-refractivity contribution >= 4 is 5.91 Å². The van der Waals surface area contributed by atoms with Crippen molar-refractivity contribution < 1.29 is 64.6 Å². The molecule has 2 aliphatic heterocycles. The predicted molar refractivity (Wildman–Crippen MR) is 342 cm³/mol. The second-order valence-electron chi connectivity index (χ2n) is 26.1. The third kappa shape index (κ3) is 39.9. The van der Waals surface area contributed by atoms with E-state index in [0.29, 0.717) is 12.8 Å². The highest BCUT2D eigenvalue weighted by Crippen LogP contribution is 2.30. The highest BCUT2D eigenvalue weighted by Gasteiger charge is 2.51. The summed E-state index contributed by atoms with van der Waals surface area (Å²) in [5.41, 5.74) is 0. The van der Waals surface area contributed by atoms with Crippen molar-refractivity contribution in [2.24, 2.45) is 0 Å². The van der Waals surface area contributed by atoms with E-state index in [2.05, 4.69) is 19.2 Å². The van der Waals surface area contributed by atoms with Crippen molar-refractivity contribution in [2.45, 2.75) is 421 Å². The second-order valence-corrected chi connectivity index (χ2v) is 26.1. The molecule has 0 saturated carbocycles. The minimum absolute atomic E-state index is 0.200. The number of amides is 1. The molecule has 9 N–H and O–H groups in total. The van der Waals surface area contributed by atoms with Crippen molar-refractivity contribution in [1.82, 2.24) is 5.32 Å². The fraction of sp³-hybridized carbons (Fsp3) is 0.986. The molecule has 2 saturated heterocycles. The first kappa shape index (κ1) is 79.1. The topological polar surface area (TPSA) is 228 Å². The van der Waals surface area contributed by atoms with E-state index in [4.69, 9.17) is 18.9 Å². The van der Waals surface area contributed by atoms with Gasteiger partial charge < -0.3 is 65.1 Å². The fourth-order valence-corrected chi connectivity index (χ4v) is 12.5. The molecule has 84 heavy (non-hydrogen) atoms.